The fourth-order valence-electron chi connectivity index (χ4n) is 3.69. The molecule has 1 unspecified atom stereocenters. The van der Waals surface area contributed by atoms with Crippen LogP contribution >= 0.6 is 0 Å². The highest BCUT2D eigenvalue weighted by atomic mass is 16.5. The van der Waals surface area contributed by atoms with E-state index in [0.717, 1.165) is 30.2 Å². The number of methoxy groups -OCH3 is 1. The monoisotopic (exact) mass is 383 g/mol. The summed E-state index contributed by atoms with van der Waals surface area (Å²) in [6, 6.07) is 10.1. The van der Waals surface area contributed by atoms with Crippen LogP contribution in [0.3, 0.4) is 0 Å². The second-order valence-electron chi connectivity index (χ2n) is 7.73. The number of nitrogens with zero attached hydrogens (tertiary/aromatic N) is 2. The van der Waals surface area contributed by atoms with Crippen molar-refractivity contribution in [1.29, 1.82) is 0 Å². The van der Waals surface area contributed by atoms with Crippen molar-refractivity contribution < 1.29 is 9.47 Å². The molecule has 0 aliphatic carbocycles. The van der Waals surface area contributed by atoms with Gasteiger partial charge < -0.3 is 19.7 Å². The summed E-state index contributed by atoms with van der Waals surface area (Å²) in [5.74, 6) is 2.19. The summed E-state index contributed by atoms with van der Waals surface area (Å²) in [5, 5.41) is 3.59. The number of likely N-dealkylation sites (tertiary alicyclic amines) is 1. The average Bonchev–Trinajstić information content (AvgIpc) is 2.74. The molecule has 1 saturated heterocycles. The van der Waals surface area contributed by atoms with Crippen LogP contribution in [-0.4, -0.2) is 43.2 Å². The minimum atomic E-state index is 0.504. The first kappa shape index (κ1) is 20.6. The van der Waals surface area contributed by atoms with Crippen molar-refractivity contribution in [2.45, 2.75) is 39.3 Å². The van der Waals surface area contributed by atoms with Crippen molar-refractivity contribution in [2.75, 3.05) is 33.3 Å². The third-order valence-corrected chi connectivity index (χ3v) is 5.21. The molecule has 0 radical (unpaired) electrons. The van der Waals surface area contributed by atoms with Gasteiger partial charge in [-0.15, -0.1) is 0 Å². The Morgan fingerprint density at radius 1 is 1.04 bits per heavy atom. The number of hydrogen-bond donors (Lipinski definition) is 1. The van der Waals surface area contributed by atoms with Gasteiger partial charge in [0, 0.05) is 25.5 Å². The molecule has 5 heteroatoms. The van der Waals surface area contributed by atoms with E-state index in [1.807, 2.05) is 18.2 Å². The van der Waals surface area contributed by atoms with Crippen LogP contribution in [-0.2, 0) is 13.2 Å². The number of pyridine rings is 1. The molecule has 2 heterocycles. The Hall–Kier alpha value is -2.11. The number of ether oxygens (including phenoxy) is 2. The molecule has 1 fully saturated rings. The molecular formula is C23H33N3O2. The van der Waals surface area contributed by atoms with E-state index in [-0.39, 0.29) is 0 Å². The Morgan fingerprint density at radius 2 is 1.82 bits per heavy atom. The lowest BCUT2D eigenvalue weighted by atomic mass is 10.1. The van der Waals surface area contributed by atoms with Crippen LogP contribution in [0.15, 0.2) is 42.7 Å². The van der Waals surface area contributed by atoms with Gasteiger partial charge in [0.05, 0.1) is 7.11 Å². The maximum atomic E-state index is 5.92. The summed E-state index contributed by atoms with van der Waals surface area (Å²) in [4.78, 5) is 6.63. The average molecular weight is 384 g/mol. The lowest BCUT2D eigenvalue weighted by Crippen LogP contribution is -2.36. The maximum absolute atomic E-state index is 5.92. The van der Waals surface area contributed by atoms with Crippen molar-refractivity contribution in [3.05, 3.63) is 53.9 Å². The SMILES string of the molecule is COc1cc(CNCC(C)CN2CCCCC2)ccc1OCc1ccncc1. The molecule has 0 spiro atoms. The van der Waals surface area contributed by atoms with Gasteiger partial charge in [-0.05, 0) is 73.8 Å². The van der Waals surface area contributed by atoms with Crippen LogP contribution < -0.4 is 14.8 Å². The molecule has 28 heavy (non-hydrogen) atoms. The summed E-state index contributed by atoms with van der Waals surface area (Å²) in [7, 11) is 1.69. The van der Waals surface area contributed by atoms with Gasteiger partial charge in [-0.2, -0.15) is 0 Å². The quantitative estimate of drug-likeness (QED) is 0.675. The molecule has 3 rings (SSSR count). The third kappa shape index (κ3) is 6.50. The van der Waals surface area contributed by atoms with Gasteiger partial charge in [-0.3, -0.25) is 4.98 Å². The number of piperidine rings is 1. The minimum absolute atomic E-state index is 0.504. The smallest absolute Gasteiger partial charge is 0.161 e. The van der Waals surface area contributed by atoms with E-state index in [1.165, 1.54) is 44.5 Å². The molecule has 152 valence electrons. The zero-order valence-electron chi connectivity index (χ0n) is 17.2. The van der Waals surface area contributed by atoms with Gasteiger partial charge in [-0.1, -0.05) is 19.4 Å². The summed E-state index contributed by atoms with van der Waals surface area (Å²) in [5.41, 5.74) is 2.30. The highest BCUT2D eigenvalue weighted by molar-refractivity contribution is 5.43. The van der Waals surface area contributed by atoms with Crippen LogP contribution in [0, 0.1) is 5.92 Å². The normalized spacial score (nSPS) is 15.9. The van der Waals surface area contributed by atoms with Crippen molar-refractivity contribution in [1.82, 2.24) is 15.2 Å². The Bertz CT molecular complexity index is 702. The molecule has 0 saturated carbocycles. The fraction of sp³-hybridized carbons (Fsp3) is 0.522. The minimum Gasteiger partial charge on any atom is -0.493 e. The molecule has 1 aromatic heterocycles. The molecule has 0 bridgehead atoms. The zero-order valence-corrected chi connectivity index (χ0v) is 17.2. The first-order valence-corrected chi connectivity index (χ1v) is 10.4. The number of aromatic nitrogens is 1. The third-order valence-electron chi connectivity index (χ3n) is 5.21. The number of hydrogen-bond acceptors (Lipinski definition) is 5. The molecule has 1 N–H and O–H groups in total. The zero-order chi connectivity index (χ0) is 19.6. The standard InChI is InChI=1S/C23H33N3O2/c1-19(17-26-12-4-3-5-13-26)15-25-16-21-6-7-22(23(14-21)27-2)28-18-20-8-10-24-11-9-20/h6-11,14,19,25H,3-5,12-13,15-18H2,1-2H3. The molecule has 1 atom stereocenters. The second kappa shape index (κ2) is 11.0. The van der Waals surface area contributed by atoms with Gasteiger partial charge in [0.1, 0.15) is 6.61 Å². The van der Waals surface area contributed by atoms with Gasteiger partial charge in [0.2, 0.25) is 0 Å². The molecule has 1 aliphatic rings. The first-order chi connectivity index (χ1) is 13.7. The summed E-state index contributed by atoms with van der Waals surface area (Å²) in [6.45, 7) is 8.43. The highest BCUT2D eigenvalue weighted by Gasteiger charge is 2.13. The van der Waals surface area contributed by atoms with E-state index < -0.39 is 0 Å². The van der Waals surface area contributed by atoms with E-state index in [9.17, 15) is 0 Å². The van der Waals surface area contributed by atoms with Crippen molar-refractivity contribution >= 4 is 0 Å². The first-order valence-electron chi connectivity index (χ1n) is 10.4. The van der Waals surface area contributed by atoms with Crippen LogP contribution in [0.2, 0.25) is 0 Å². The van der Waals surface area contributed by atoms with Crippen LogP contribution in [0.1, 0.15) is 37.3 Å². The number of benzene rings is 1. The van der Waals surface area contributed by atoms with Gasteiger partial charge in [0.15, 0.2) is 11.5 Å². The summed E-state index contributed by atoms with van der Waals surface area (Å²) >= 11 is 0. The lowest BCUT2D eigenvalue weighted by molar-refractivity contribution is 0.199. The van der Waals surface area contributed by atoms with E-state index in [4.69, 9.17) is 9.47 Å². The summed E-state index contributed by atoms with van der Waals surface area (Å²) < 4.78 is 11.4. The second-order valence-corrected chi connectivity index (χ2v) is 7.73. The van der Waals surface area contributed by atoms with Crippen molar-refractivity contribution in [2.24, 2.45) is 5.92 Å². The molecular weight excluding hydrogens is 350 g/mol. The largest absolute Gasteiger partial charge is 0.493 e. The molecule has 0 amide bonds. The Labute approximate surface area is 169 Å². The van der Waals surface area contributed by atoms with Gasteiger partial charge in [0.25, 0.3) is 0 Å². The van der Waals surface area contributed by atoms with E-state index >= 15 is 0 Å². The maximum Gasteiger partial charge on any atom is 0.161 e. The predicted octanol–water partition coefficient (Wildman–Crippen LogP) is 3.88. The molecule has 5 nitrogen and oxygen atoms in total. The Kier molecular flexibility index (Phi) is 8.12. The summed E-state index contributed by atoms with van der Waals surface area (Å²) in [6.07, 6.45) is 7.66. The predicted molar refractivity (Wildman–Crippen MR) is 113 cm³/mol. The Balaban J connectivity index is 1.45. The topological polar surface area (TPSA) is 46.6 Å². The fourth-order valence-corrected chi connectivity index (χ4v) is 3.69. The van der Waals surface area contributed by atoms with Crippen LogP contribution in [0.25, 0.3) is 0 Å². The lowest BCUT2D eigenvalue weighted by Gasteiger charge is -2.29. The van der Waals surface area contributed by atoms with Crippen molar-refractivity contribution in [3.8, 4) is 11.5 Å². The highest BCUT2D eigenvalue weighted by Crippen LogP contribution is 2.28. The van der Waals surface area contributed by atoms with Crippen LogP contribution in [0.4, 0.5) is 0 Å². The molecule has 2 aromatic rings. The van der Waals surface area contributed by atoms with Crippen molar-refractivity contribution in [3.63, 3.8) is 0 Å². The Morgan fingerprint density at radius 3 is 2.57 bits per heavy atom. The van der Waals surface area contributed by atoms with Gasteiger partial charge >= 0.3 is 0 Å². The van der Waals surface area contributed by atoms with E-state index in [1.54, 1.807) is 19.5 Å². The molecule has 1 aromatic carbocycles. The van der Waals surface area contributed by atoms with E-state index in [0.29, 0.717) is 12.5 Å². The van der Waals surface area contributed by atoms with Gasteiger partial charge in [-0.25, -0.2) is 0 Å². The number of rotatable bonds is 10. The van der Waals surface area contributed by atoms with E-state index in [2.05, 4.69) is 34.3 Å². The number of nitrogens with one attached hydrogen (secondary N) is 1. The molecule has 1 aliphatic heterocycles. The van der Waals surface area contributed by atoms with Crippen LogP contribution in [0.5, 0.6) is 11.5 Å².